The molecule has 2 fully saturated rings. The standard InChI is InChI=1S/C39H53ClN4O6S/c1-5-10-28-21-30(40)12-14-33(28)29-23-43-20-16-27(6-2)35(50-38(46)44-24-31(25-44)48-7-3)11-8-19-42(4)39(17-9-18-39)37(45)41-51(47)32-13-15-36(49-26-29)34(43)22-32/h8,11-15,21-22,27,29,31,35H,5-7,9-10,16-20,23-26H2,1-4H3,(H,41,45)/b11-8+. The number of nitrogens with zero attached hydrogens (tertiary/aromatic N) is 3. The Bertz CT molecular complexity index is 1610. The minimum atomic E-state index is -1.75. The van der Waals surface area contributed by atoms with E-state index in [0.717, 1.165) is 42.8 Å². The van der Waals surface area contributed by atoms with Crippen LogP contribution < -0.4 is 14.4 Å². The van der Waals surface area contributed by atoms with Crippen LogP contribution in [0.5, 0.6) is 5.75 Å². The fourth-order valence-electron chi connectivity index (χ4n) is 7.84. The molecule has 2 aromatic carbocycles. The van der Waals surface area contributed by atoms with Crippen molar-refractivity contribution in [2.75, 3.05) is 57.9 Å². The summed E-state index contributed by atoms with van der Waals surface area (Å²) in [6, 6.07) is 11.7. The highest BCUT2D eigenvalue weighted by molar-refractivity contribution is 7.83. The molecule has 1 saturated heterocycles. The smallest absolute Gasteiger partial charge is 0.410 e. The molecule has 12 heteroatoms. The van der Waals surface area contributed by atoms with Crippen LogP contribution in [0, 0.1) is 5.92 Å². The number of fused-ring (bicyclic) bond motifs is 1. The second kappa shape index (κ2) is 16.7. The lowest BCUT2D eigenvalue weighted by Crippen LogP contribution is -2.61. The van der Waals surface area contributed by atoms with Crippen molar-refractivity contribution in [3.8, 4) is 5.75 Å². The van der Waals surface area contributed by atoms with Crippen molar-refractivity contribution in [3.63, 3.8) is 0 Å². The molecule has 6 rings (SSSR count). The highest BCUT2D eigenvalue weighted by Gasteiger charge is 2.48. The first-order chi connectivity index (χ1) is 24.6. The Morgan fingerprint density at radius 2 is 1.92 bits per heavy atom. The quantitative estimate of drug-likeness (QED) is 0.322. The van der Waals surface area contributed by atoms with Gasteiger partial charge in [0.2, 0.25) is 0 Å². The number of carbonyl (C=O) groups excluding carboxylic acids is 2. The summed E-state index contributed by atoms with van der Waals surface area (Å²) in [5.41, 5.74) is 2.53. The predicted octanol–water partition coefficient (Wildman–Crippen LogP) is 6.48. The zero-order valence-corrected chi connectivity index (χ0v) is 32.0. The Hall–Kier alpha value is -3.12. The Kier molecular flexibility index (Phi) is 12.3. The van der Waals surface area contributed by atoms with Gasteiger partial charge in [0.25, 0.3) is 5.91 Å². The third kappa shape index (κ3) is 8.27. The molecule has 1 N–H and O–H groups in total. The number of anilines is 1. The van der Waals surface area contributed by atoms with E-state index in [1.807, 2.05) is 49.2 Å². The van der Waals surface area contributed by atoms with Gasteiger partial charge in [-0.2, -0.15) is 0 Å². The first-order valence-electron chi connectivity index (χ1n) is 18.6. The summed E-state index contributed by atoms with van der Waals surface area (Å²) >= 11 is 6.45. The summed E-state index contributed by atoms with van der Waals surface area (Å²) in [5, 5.41) is 0.722. The minimum Gasteiger partial charge on any atom is -0.491 e. The van der Waals surface area contributed by atoms with E-state index in [0.29, 0.717) is 69.4 Å². The van der Waals surface area contributed by atoms with Crippen molar-refractivity contribution in [1.82, 2.24) is 14.5 Å². The first-order valence-corrected chi connectivity index (χ1v) is 20.2. The molecule has 51 heavy (non-hydrogen) atoms. The zero-order chi connectivity index (χ0) is 36.1. The number of halogens is 1. The van der Waals surface area contributed by atoms with Crippen LogP contribution in [0.2, 0.25) is 5.02 Å². The van der Waals surface area contributed by atoms with Crippen molar-refractivity contribution >= 4 is 40.3 Å². The van der Waals surface area contributed by atoms with Crippen molar-refractivity contribution in [2.24, 2.45) is 5.92 Å². The largest absolute Gasteiger partial charge is 0.491 e. The second-order valence-corrected chi connectivity index (χ2v) is 16.0. The average Bonchev–Trinajstić information content (AvgIpc) is 3.24. The van der Waals surface area contributed by atoms with Crippen molar-refractivity contribution < 1.29 is 28.0 Å². The van der Waals surface area contributed by atoms with Gasteiger partial charge in [-0.25, -0.2) is 9.00 Å². The van der Waals surface area contributed by atoms with Gasteiger partial charge in [0.1, 0.15) is 17.4 Å². The molecule has 4 unspecified atom stereocenters. The Balaban J connectivity index is 1.34. The number of likely N-dealkylation sites (tertiary alicyclic amines) is 1. The lowest BCUT2D eigenvalue weighted by molar-refractivity contribution is -0.136. The molecule has 4 aliphatic rings. The zero-order valence-electron chi connectivity index (χ0n) is 30.4. The molecular weight excluding hydrogens is 688 g/mol. The Morgan fingerprint density at radius 1 is 1.12 bits per heavy atom. The van der Waals surface area contributed by atoms with Crippen LogP contribution in [0.1, 0.15) is 76.3 Å². The number of benzene rings is 2. The minimum absolute atomic E-state index is 0.0305. The molecule has 0 aromatic heterocycles. The second-order valence-electron chi connectivity index (χ2n) is 14.4. The number of hydrogen-bond donors (Lipinski definition) is 1. The van der Waals surface area contributed by atoms with Gasteiger partial charge in [0.15, 0.2) is 11.0 Å². The maximum absolute atomic E-state index is 13.8. The van der Waals surface area contributed by atoms with Crippen LogP contribution in [0.4, 0.5) is 10.5 Å². The third-order valence-corrected chi connectivity index (χ3v) is 12.4. The maximum Gasteiger partial charge on any atom is 0.410 e. The van der Waals surface area contributed by atoms with E-state index in [9.17, 15) is 13.8 Å². The number of rotatable bonds is 7. The number of nitrogens with one attached hydrogen (secondary N) is 1. The Labute approximate surface area is 310 Å². The van der Waals surface area contributed by atoms with E-state index in [-0.39, 0.29) is 29.9 Å². The summed E-state index contributed by atoms with van der Waals surface area (Å²) in [5.74, 6) is 0.565. The molecule has 2 bridgehead atoms. The average molecular weight is 741 g/mol. The van der Waals surface area contributed by atoms with Gasteiger partial charge in [0.05, 0.1) is 36.4 Å². The van der Waals surface area contributed by atoms with E-state index in [4.69, 9.17) is 25.8 Å². The molecule has 278 valence electrons. The molecule has 2 amide bonds. The Morgan fingerprint density at radius 3 is 2.63 bits per heavy atom. The van der Waals surface area contributed by atoms with Crippen LogP contribution in [0.25, 0.3) is 0 Å². The van der Waals surface area contributed by atoms with Crippen molar-refractivity contribution in [1.29, 1.82) is 0 Å². The normalized spacial score (nSPS) is 26.3. The number of amides is 2. The third-order valence-electron chi connectivity index (χ3n) is 11.2. The monoisotopic (exact) mass is 740 g/mol. The van der Waals surface area contributed by atoms with E-state index >= 15 is 0 Å². The van der Waals surface area contributed by atoms with Crippen LogP contribution in [-0.2, 0) is 31.7 Å². The molecule has 0 radical (unpaired) electrons. The molecule has 1 saturated carbocycles. The van der Waals surface area contributed by atoms with E-state index in [2.05, 4.69) is 35.6 Å². The summed E-state index contributed by atoms with van der Waals surface area (Å²) in [7, 11) is 0.183. The maximum atomic E-state index is 13.8. The fourth-order valence-corrected chi connectivity index (χ4v) is 8.92. The highest BCUT2D eigenvalue weighted by atomic mass is 35.5. The number of carbonyl (C=O) groups is 2. The summed E-state index contributed by atoms with van der Waals surface area (Å²) in [6.45, 7) is 10.2. The van der Waals surface area contributed by atoms with E-state index in [1.54, 1.807) is 11.0 Å². The van der Waals surface area contributed by atoms with Crippen molar-refractivity contribution in [2.45, 2.75) is 94.3 Å². The molecular formula is C39H53ClN4O6S. The molecule has 1 aliphatic carbocycles. The molecule has 3 aliphatic heterocycles. The lowest BCUT2D eigenvalue weighted by Gasteiger charge is -2.46. The van der Waals surface area contributed by atoms with Crippen LogP contribution in [0.15, 0.2) is 53.4 Å². The fraction of sp³-hybridized carbons (Fsp3) is 0.590. The van der Waals surface area contributed by atoms with Gasteiger partial charge in [-0.3, -0.25) is 14.4 Å². The number of hydrogen-bond acceptors (Lipinski definition) is 8. The van der Waals surface area contributed by atoms with Gasteiger partial charge in [0, 0.05) is 43.1 Å². The molecule has 1 spiro atoms. The lowest BCUT2D eigenvalue weighted by atomic mass is 9.75. The predicted molar refractivity (Wildman–Crippen MR) is 201 cm³/mol. The van der Waals surface area contributed by atoms with Gasteiger partial charge >= 0.3 is 6.09 Å². The van der Waals surface area contributed by atoms with Gasteiger partial charge < -0.3 is 24.0 Å². The number of ether oxygens (including phenoxy) is 3. The number of likely N-dealkylation sites (N-methyl/N-ethyl adjacent to an activating group) is 1. The summed E-state index contributed by atoms with van der Waals surface area (Å²) < 4.78 is 35.1. The SMILES string of the molecule is CCCc1cc(Cl)ccc1C1COc2ccc3cc2N(CCC(CC)C(OC(=O)N2CC(OCC)C2)/C=C/CN(C)C2(CCC2)C(=O)NS3=O)C1. The van der Waals surface area contributed by atoms with Gasteiger partial charge in [-0.05, 0) is 100 Å². The van der Waals surface area contributed by atoms with Gasteiger partial charge in [-0.15, -0.1) is 0 Å². The van der Waals surface area contributed by atoms with Crippen molar-refractivity contribution in [3.05, 3.63) is 64.7 Å². The topological polar surface area (TPSA) is 101 Å². The molecule has 10 nitrogen and oxygen atoms in total. The van der Waals surface area contributed by atoms with E-state index < -0.39 is 22.6 Å². The summed E-state index contributed by atoms with van der Waals surface area (Å²) in [6.07, 6.45) is 9.04. The van der Waals surface area contributed by atoms with Crippen LogP contribution in [-0.4, -0.2) is 96.7 Å². The van der Waals surface area contributed by atoms with Crippen LogP contribution >= 0.6 is 11.6 Å². The van der Waals surface area contributed by atoms with E-state index in [1.165, 1.54) is 11.1 Å². The highest BCUT2D eigenvalue weighted by Crippen LogP contribution is 2.40. The molecule has 2 aromatic rings. The number of aryl methyl sites for hydroxylation is 1. The first kappa shape index (κ1) is 37.6. The molecule has 3 heterocycles. The summed E-state index contributed by atoms with van der Waals surface area (Å²) in [4.78, 5) is 33.8. The van der Waals surface area contributed by atoms with Crippen LogP contribution in [0.3, 0.4) is 0 Å². The molecule has 4 atom stereocenters. The van der Waals surface area contributed by atoms with Gasteiger partial charge in [-0.1, -0.05) is 44.0 Å².